The van der Waals surface area contributed by atoms with Crippen LogP contribution in [-0.4, -0.2) is 30.4 Å². The van der Waals surface area contributed by atoms with Gasteiger partial charge in [0.1, 0.15) is 5.75 Å². The van der Waals surface area contributed by atoms with E-state index in [9.17, 15) is 13.9 Å². The lowest BCUT2D eigenvalue weighted by Crippen LogP contribution is -2.60. The first kappa shape index (κ1) is 12.5. The summed E-state index contributed by atoms with van der Waals surface area (Å²) < 4.78 is 28.8. The minimum absolute atomic E-state index is 0.0599. The highest BCUT2D eigenvalue weighted by atomic mass is 35.5. The number of halogens is 3. The molecule has 0 amide bonds. The van der Waals surface area contributed by atoms with Gasteiger partial charge in [0.25, 0.3) is 0 Å². The molecule has 1 saturated heterocycles. The van der Waals surface area contributed by atoms with Crippen LogP contribution in [0.4, 0.5) is 8.78 Å². The van der Waals surface area contributed by atoms with Gasteiger partial charge in [0.05, 0.1) is 5.60 Å². The number of nitrogens with one attached hydrogen (secondary N) is 1. The summed E-state index contributed by atoms with van der Waals surface area (Å²) in [5.74, 6) is 0.0599. The Morgan fingerprint density at radius 3 is 2.71 bits per heavy atom. The lowest BCUT2D eigenvalue weighted by atomic mass is 9.89. The Labute approximate surface area is 102 Å². The first-order chi connectivity index (χ1) is 7.98. The lowest BCUT2D eigenvalue weighted by Gasteiger charge is -2.38. The molecular weight excluding hydrogens is 252 g/mol. The van der Waals surface area contributed by atoms with Crippen molar-refractivity contribution in [2.75, 3.05) is 13.1 Å². The van der Waals surface area contributed by atoms with Gasteiger partial charge in [-0.05, 0) is 23.8 Å². The molecule has 1 aliphatic heterocycles. The van der Waals surface area contributed by atoms with E-state index in [4.69, 9.17) is 11.6 Å². The van der Waals surface area contributed by atoms with E-state index in [0.717, 1.165) is 0 Å². The SMILES string of the molecule is OC1(Cc2cc(Cl)ccc2OC(F)F)CNC1. The molecular formula is C11H12ClF2NO2. The van der Waals surface area contributed by atoms with Crippen LogP contribution < -0.4 is 10.1 Å². The molecule has 2 rings (SSSR count). The zero-order valence-electron chi connectivity index (χ0n) is 8.92. The maximum Gasteiger partial charge on any atom is 0.387 e. The molecule has 1 aliphatic rings. The van der Waals surface area contributed by atoms with Crippen LogP contribution in [0.1, 0.15) is 5.56 Å². The van der Waals surface area contributed by atoms with Crippen molar-refractivity contribution in [2.24, 2.45) is 0 Å². The minimum atomic E-state index is -2.89. The van der Waals surface area contributed by atoms with E-state index in [-0.39, 0.29) is 12.2 Å². The predicted octanol–water partition coefficient (Wildman–Crippen LogP) is 1.82. The number of rotatable bonds is 4. The summed E-state index contributed by atoms with van der Waals surface area (Å²) in [6, 6.07) is 4.40. The second kappa shape index (κ2) is 4.76. The largest absolute Gasteiger partial charge is 0.435 e. The number of aliphatic hydroxyl groups is 1. The second-order valence-electron chi connectivity index (χ2n) is 4.14. The standard InChI is InChI=1S/C11H12ClF2NO2/c12-8-1-2-9(17-10(13)14)7(3-8)4-11(16)5-15-6-11/h1-3,10,15-16H,4-6H2. The van der Waals surface area contributed by atoms with Crippen molar-refractivity contribution in [2.45, 2.75) is 18.6 Å². The number of alkyl halides is 2. The molecule has 6 heteroatoms. The average molecular weight is 264 g/mol. The van der Waals surface area contributed by atoms with Crippen LogP contribution in [0.25, 0.3) is 0 Å². The van der Waals surface area contributed by atoms with Crippen molar-refractivity contribution in [1.82, 2.24) is 5.32 Å². The fourth-order valence-corrected chi connectivity index (χ4v) is 1.98. The number of benzene rings is 1. The molecule has 0 radical (unpaired) electrons. The van der Waals surface area contributed by atoms with Gasteiger partial charge in [-0.15, -0.1) is 0 Å². The van der Waals surface area contributed by atoms with Gasteiger partial charge in [-0.2, -0.15) is 8.78 Å². The van der Waals surface area contributed by atoms with Crippen molar-refractivity contribution in [3.05, 3.63) is 28.8 Å². The van der Waals surface area contributed by atoms with E-state index >= 15 is 0 Å². The Morgan fingerprint density at radius 1 is 1.47 bits per heavy atom. The normalized spacial score (nSPS) is 17.9. The highest BCUT2D eigenvalue weighted by Gasteiger charge is 2.35. The van der Waals surface area contributed by atoms with E-state index in [1.54, 1.807) is 0 Å². The molecule has 0 aromatic heterocycles. The Kier molecular flexibility index (Phi) is 3.51. The summed E-state index contributed by atoms with van der Waals surface area (Å²) in [5, 5.41) is 13.3. The molecule has 2 N–H and O–H groups in total. The van der Waals surface area contributed by atoms with Gasteiger partial charge in [0.15, 0.2) is 0 Å². The fraction of sp³-hybridized carbons (Fsp3) is 0.455. The lowest BCUT2D eigenvalue weighted by molar-refractivity contribution is -0.0524. The van der Waals surface area contributed by atoms with Gasteiger partial charge in [-0.3, -0.25) is 0 Å². The first-order valence-electron chi connectivity index (χ1n) is 5.15. The molecule has 0 aliphatic carbocycles. The summed E-state index contributed by atoms with van der Waals surface area (Å²) in [6.45, 7) is -2.01. The fourth-order valence-electron chi connectivity index (χ4n) is 1.79. The molecule has 0 atom stereocenters. The molecule has 1 aromatic carbocycles. The topological polar surface area (TPSA) is 41.5 Å². The minimum Gasteiger partial charge on any atom is -0.435 e. The van der Waals surface area contributed by atoms with E-state index in [1.807, 2.05) is 0 Å². The summed E-state index contributed by atoms with van der Waals surface area (Å²) in [6.07, 6.45) is 0.239. The van der Waals surface area contributed by atoms with Crippen molar-refractivity contribution < 1.29 is 18.6 Å². The van der Waals surface area contributed by atoms with E-state index in [1.165, 1.54) is 18.2 Å². The Morgan fingerprint density at radius 2 is 2.18 bits per heavy atom. The van der Waals surface area contributed by atoms with Gasteiger partial charge in [0, 0.05) is 24.5 Å². The first-order valence-corrected chi connectivity index (χ1v) is 5.53. The van der Waals surface area contributed by atoms with Gasteiger partial charge in [-0.25, -0.2) is 0 Å². The summed E-state index contributed by atoms with van der Waals surface area (Å²) >= 11 is 5.80. The third kappa shape index (κ3) is 3.06. The Balaban J connectivity index is 2.20. The summed E-state index contributed by atoms with van der Waals surface area (Å²) in [7, 11) is 0. The number of β-amino-alcohol motifs (C(OH)–C–C–N with tert-alkyl or cyclic N) is 1. The molecule has 0 bridgehead atoms. The van der Waals surface area contributed by atoms with Crippen LogP contribution in [0, 0.1) is 0 Å². The average Bonchev–Trinajstić information content (AvgIpc) is 2.19. The molecule has 1 fully saturated rings. The van der Waals surface area contributed by atoms with Gasteiger partial charge >= 0.3 is 6.61 Å². The van der Waals surface area contributed by atoms with Crippen LogP contribution in [0.3, 0.4) is 0 Å². The van der Waals surface area contributed by atoms with Crippen LogP contribution in [-0.2, 0) is 6.42 Å². The summed E-state index contributed by atoms with van der Waals surface area (Å²) in [5.41, 5.74) is -0.410. The number of hydrogen-bond acceptors (Lipinski definition) is 3. The molecule has 17 heavy (non-hydrogen) atoms. The second-order valence-corrected chi connectivity index (χ2v) is 4.57. The van der Waals surface area contributed by atoms with Gasteiger partial charge in [0.2, 0.25) is 0 Å². The predicted molar refractivity (Wildman–Crippen MR) is 59.6 cm³/mol. The van der Waals surface area contributed by atoms with E-state index in [0.29, 0.717) is 23.7 Å². The molecule has 3 nitrogen and oxygen atoms in total. The number of ether oxygens (including phenoxy) is 1. The zero-order chi connectivity index (χ0) is 12.5. The van der Waals surface area contributed by atoms with Crippen LogP contribution in [0.5, 0.6) is 5.75 Å². The van der Waals surface area contributed by atoms with Crippen LogP contribution in [0.2, 0.25) is 5.02 Å². The van der Waals surface area contributed by atoms with Crippen molar-refractivity contribution in [3.8, 4) is 5.75 Å². The summed E-state index contributed by atoms with van der Waals surface area (Å²) in [4.78, 5) is 0. The molecule has 0 unspecified atom stereocenters. The van der Waals surface area contributed by atoms with Gasteiger partial charge in [-0.1, -0.05) is 11.6 Å². The molecule has 0 saturated carbocycles. The number of hydrogen-bond donors (Lipinski definition) is 2. The third-order valence-corrected chi connectivity index (χ3v) is 2.90. The van der Waals surface area contributed by atoms with Crippen molar-refractivity contribution in [3.63, 3.8) is 0 Å². The van der Waals surface area contributed by atoms with E-state index < -0.39 is 12.2 Å². The maximum absolute atomic E-state index is 12.2. The maximum atomic E-state index is 12.2. The quantitative estimate of drug-likeness (QED) is 0.871. The van der Waals surface area contributed by atoms with Crippen LogP contribution in [0.15, 0.2) is 18.2 Å². The zero-order valence-corrected chi connectivity index (χ0v) is 9.68. The van der Waals surface area contributed by atoms with Crippen molar-refractivity contribution >= 4 is 11.6 Å². The highest BCUT2D eigenvalue weighted by molar-refractivity contribution is 6.30. The Bertz CT molecular complexity index is 410. The van der Waals surface area contributed by atoms with Crippen molar-refractivity contribution in [1.29, 1.82) is 0 Å². The Hall–Kier alpha value is -0.910. The third-order valence-electron chi connectivity index (χ3n) is 2.67. The molecule has 0 spiro atoms. The molecule has 94 valence electrons. The molecule has 1 aromatic rings. The monoisotopic (exact) mass is 263 g/mol. The smallest absolute Gasteiger partial charge is 0.387 e. The van der Waals surface area contributed by atoms with Crippen LogP contribution >= 0.6 is 11.6 Å². The molecule has 1 heterocycles. The van der Waals surface area contributed by atoms with Gasteiger partial charge < -0.3 is 15.2 Å². The highest BCUT2D eigenvalue weighted by Crippen LogP contribution is 2.29. The van der Waals surface area contributed by atoms with E-state index in [2.05, 4.69) is 10.1 Å².